The summed E-state index contributed by atoms with van der Waals surface area (Å²) in [6.07, 6.45) is -0.886. The highest BCUT2D eigenvalue weighted by molar-refractivity contribution is 6.07. The number of hydrogen-bond acceptors (Lipinski definition) is 6. The van der Waals surface area contributed by atoms with Crippen LogP contribution in [-0.2, 0) is 16.1 Å². The molecule has 2 N–H and O–H groups in total. The molecular formula is C32H31N3O5. The SMILES string of the molecule is COc1ccc(N[C@H](C(=O)NCc2ccccc2)[C@H]2[C@@H](Oc3ccccc3)C(=O)N2c2ccc(OC)cc2)cc1. The van der Waals surface area contributed by atoms with Gasteiger partial charge >= 0.3 is 0 Å². The van der Waals surface area contributed by atoms with Gasteiger partial charge in [-0.3, -0.25) is 14.5 Å². The van der Waals surface area contributed by atoms with Crippen molar-refractivity contribution >= 4 is 23.2 Å². The second kappa shape index (κ2) is 12.3. The van der Waals surface area contributed by atoms with Gasteiger partial charge in [0.15, 0.2) is 0 Å². The summed E-state index contributed by atoms with van der Waals surface area (Å²) >= 11 is 0. The van der Waals surface area contributed by atoms with Crippen LogP contribution >= 0.6 is 0 Å². The molecule has 1 fully saturated rings. The van der Waals surface area contributed by atoms with E-state index in [-0.39, 0.29) is 11.8 Å². The Balaban J connectivity index is 1.49. The van der Waals surface area contributed by atoms with E-state index < -0.39 is 18.2 Å². The molecular weight excluding hydrogens is 506 g/mol. The Morgan fingerprint density at radius 3 is 1.95 bits per heavy atom. The molecule has 40 heavy (non-hydrogen) atoms. The number of ether oxygens (including phenoxy) is 3. The quantitative estimate of drug-likeness (QED) is 0.271. The summed E-state index contributed by atoms with van der Waals surface area (Å²) in [5.41, 5.74) is 2.31. The van der Waals surface area contributed by atoms with Gasteiger partial charge in [-0.15, -0.1) is 0 Å². The molecule has 1 aliphatic heterocycles. The topological polar surface area (TPSA) is 89.1 Å². The Morgan fingerprint density at radius 1 is 0.775 bits per heavy atom. The normalized spacial score (nSPS) is 16.9. The zero-order chi connectivity index (χ0) is 27.9. The monoisotopic (exact) mass is 537 g/mol. The maximum absolute atomic E-state index is 13.8. The minimum absolute atomic E-state index is 0.239. The molecule has 8 nitrogen and oxygen atoms in total. The first-order chi connectivity index (χ1) is 19.6. The first kappa shape index (κ1) is 26.6. The van der Waals surface area contributed by atoms with Gasteiger partial charge in [0.1, 0.15) is 29.3 Å². The van der Waals surface area contributed by atoms with Gasteiger partial charge in [0.2, 0.25) is 12.0 Å². The van der Waals surface area contributed by atoms with Gasteiger partial charge < -0.3 is 24.8 Å². The first-order valence-corrected chi connectivity index (χ1v) is 13.0. The number of rotatable bonds is 11. The van der Waals surface area contributed by atoms with E-state index in [1.165, 1.54) is 0 Å². The maximum Gasteiger partial charge on any atom is 0.270 e. The lowest BCUT2D eigenvalue weighted by Crippen LogP contribution is -2.74. The van der Waals surface area contributed by atoms with Crippen LogP contribution in [0.5, 0.6) is 17.2 Å². The predicted molar refractivity (Wildman–Crippen MR) is 154 cm³/mol. The van der Waals surface area contributed by atoms with Crippen LogP contribution in [-0.4, -0.2) is 44.2 Å². The molecule has 2 amide bonds. The molecule has 3 atom stereocenters. The number of β-lactam (4-membered cyclic amide) rings is 1. The van der Waals surface area contributed by atoms with Crippen LogP contribution in [0.2, 0.25) is 0 Å². The number of methoxy groups -OCH3 is 2. The smallest absolute Gasteiger partial charge is 0.270 e. The van der Waals surface area contributed by atoms with Crippen LogP contribution in [0.4, 0.5) is 11.4 Å². The Morgan fingerprint density at radius 2 is 1.35 bits per heavy atom. The number of nitrogens with zero attached hydrogens (tertiary/aromatic N) is 1. The summed E-state index contributed by atoms with van der Waals surface area (Å²) < 4.78 is 16.8. The predicted octanol–water partition coefficient (Wildman–Crippen LogP) is 4.66. The van der Waals surface area contributed by atoms with Gasteiger partial charge in [-0.25, -0.2) is 0 Å². The molecule has 0 radical (unpaired) electrons. The number of nitrogens with one attached hydrogen (secondary N) is 2. The molecule has 0 saturated carbocycles. The van der Waals surface area contributed by atoms with E-state index in [4.69, 9.17) is 14.2 Å². The second-order valence-electron chi connectivity index (χ2n) is 9.30. The van der Waals surface area contributed by atoms with Crippen molar-refractivity contribution in [2.24, 2.45) is 0 Å². The molecule has 1 aliphatic rings. The highest BCUT2D eigenvalue weighted by atomic mass is 16.5. The molecule has 8 heteroatoms. The molecule has 0 spiro atoms. The zero-order valence-electron chi connectivity index (χ0n) is 22.3. The Labute approximate surface area is 233 Å². The first-order valence-electron chi connectivity index (χ1n) is 13.0. The van der Waals surface area contributed by atoms with Crippen molar-refractivity contribution in [2.75, 3.05) is 24.4 Å². The Bertz CT molecular complexity index is 1410. The zero-order valence-corrected chi connectivity index (χ0v) is 22.3. The number of amides is 2. The molecule has 5 rings (SSSR count). The Hall–Kier alpha value is -4.98. The summed E-state index contributed by atoms with van der Waals surface area (Å²) in [6, 6.07) is 31.8. The van der Waals surface area contributed by atoms with Crippen molar-refractivity contribution in [1.29, 1.82) is 0 Å². The molecule has 0 aromatic heterocycles. The maximum atomic E-state index is 13.8. The van der Waals surface area contributed by atoms with E-state index in [1.54, 1.807) is 55.5 Å². The Kier molecular flexibility index (Phi) is 8.15. The molecule has 0 aliphatic carbocycles. The molecule has 1 heterocycles. The van der Waals surface area contributed by atoms with E-state index in [2.05, 4.69) is 10.6 Å². The number of hydrogen-bond donors (Lipinski definition) is 2. The lowest BCUT2D eigenvalue weighted by molar-refractivity contribution is -0.137. The van der Waals surface area contributed by atoms with Crippen LogP contribution in [0.3, 0.4) is 0 Å². The minimum atomic E-state index is -0.886. The van der Waals surface area contributed by atoms with Gasteiger partial charge in [0.25, 0.3) is 5.91 Å². The fourth-order valence-corrected chi connectivity index (χ4v) is 4.68. The number of anilines is 2. The summed E-state index contributed by atoms with van der Waals surface area (Å²) in [7, 11) is 3.18. The van der Waals surface area contributed by atoms with Crippen molar-refractivity contribution < 1.29 is 23.8 Å². The average Bonchev–Trinajstić information content (AvgIpc) is 3.01. The number of benzene rings is 4. The van der Waals surface area contributed by atoms with Gasteiger partial charge in [0.05, 0.1) is 14.2 Å². The highest BCUT2D eigenvalue weighted by Gasteiger charge is 2.56. The van der Waals surface area contributed by atoms with Crippen molar-refractivity contribution in [2.45, 2.75) is 24.7 Å². The largest absolute Gasteiger partial charge is 0.497 e. The van der Waals surface area contributed by atoms with E-state index in [0.29, 0.717) is 35.2 Å². The molecule has 0 unspecified atom stereocenters. The molecule has 0 bridgehead atoms. The lowest BCUT2D eigenvalue weighted by atomic mass is 9.88. The van der Waals surface area contributed by atoms with E-state index in [1.807, 2.05) is 72.8 Å². The summed E-state index contributed by atoms with van der Waals surface area (Å²) in [5.74, 6) is 1.40. The van der Waals surface area contributed by atoms with Crippen LogP contribution in [0.1, 0.15) is 5.56 Å². The molecule has 204 valence electrons. The van der Waals surface area contributed by atoms with E-state index in [9.17, 15) is 9.59 Å². The fraction of sp³-hybridized carbons (Fsp3) is 0.188. The average molecular weight is 538 g/mol. The third-order valence-corrected chi connectivity index (χ3v) is 6.79. The summed E-state index contributed by atoms with van der Waals surface area (Å²) in [6.45, 7) is 0.341. The van der Waals surface area contributed by atoms with Crippen LogP contribution < -0.4 is 29.7 Å². The van der Waals surface area contributed by atoms with Gasteiger partial charge in [-0.1, -0.05) is 48.5 Å². The summed E-state index contributed by atoms with van der Waals surface area (Å²) in [5, 5.41) is 6.40. The van der Waals surface area contributed by atoms with Gasteiger partial charge in [0, 0.05) is 17.9 Å². The van der Waals surface area contributed by atoms with E-state index in [0.717, 1.165) is 5.56 Å². The van der Waals surface area contributed by atoms with E-state index >= 15 is 0 Å². The number of carbonyl (C=O) groups is 2. The summed E-state index contributed by atoms with van der Waals surface area (Å²) in [4.78, 5) is 29.0. The number of carbonyl (C=O) groups excluding carboxylic acids is 2. The standard InChI is InChI=1S/C32H31N3O5/c1-38-25-17-13-23(14-18-25)34-28(31(36)33-21-22-9-5-3-6-10-22)29-30(40-27-11-7-4-8-12-27)32(37)35(29)24-15-19-26(39-2)20-16-24/h3-20,28-30,34H,21H2,1-2H3,(H,33,36)/t28-,29-,30+/m0/s1. The highest BCUT2D eigenvalue weighted by Crippen LogP contribution is 2.35. The fourth-order valence-electron chi connectivity index (χ4n) is 4.68. The van der Waals surface area contributed by atoms with Crippen molar-refractivity contribution in [3.8, 4) is 17.2 Å². The lowest BCUT2D eigenvalue weighted by Gasteiger charge is -2.49. The van der Waals surface area contributed by atoms with Crippen molar-refractivity contribution in [3.05, 3.63) is 115 Å². The minimum Gasteiger partial charge on any atom is -0.497 e. The molecule has 4 aromatic carbocycles. The molecule has 1 saturated heterocycles. The van der Waals surface area contributed by atoms with Crippen LogP contribution in [0.15, 0.2) is 109 Å². The van der Waals surface area contributed by atoms with Crippen LogP contribution in [0, 0.1) is 0 Å². The molecule has 4 aromatic rings. The third-order valence-electron chi connectivity index (χ3n) is 6.79. The van der Waals surface area contributed by atoms with Crippen LogP contribution in [0.25, 0.3) is 0 Å². The van der Waals surface area contributed by atoms with Crippen molar-refractivity contribution in [1.82, 2.24) is 5.32 Å². The van der Waals surface area contributed by atoms with Gasteiger partial charge in [-0.05, 0) is 66.2 Å². The second-order valence-corrected chi connectivity index (χ2v) is 9.30. The van der Waals surface area contributed by atoms with Crippen molar-refractivity contribution in [3.63, 3.8) is 0 Å². The third kappa shape index (κ3) is 5.86. The van der Waals surface area contributed by atoms with Gasteiger partial charge in [-0.2, -0.15) is 0 Å². The number of para-hydroxylation sites is 1.